The summed E-state index contributed by atoms with van der Waals surface area (Å²) in [6, 6.07) is 18.0. The van der Waals surface area contributed by atoms with E-state index in [0.717, 1.165) is 39.3 Å². The monoisotopic (exact) mass is 475 g/mol. The molecule has 1 spiro atoms. The summed E-state index contributed by atoms with van der Waals surface area (Å²) in [6.45, 7) is -0.342. The second kappa shape index (κ2) is 8.95. The van der Waals surface area contributed by atoms with Gasteiger partial charge >= 0.3 is 6.03 Å². The summed E-state index contributed by atoms with van der Waals surface area (Å²) < 4.78 is 5.25. The molecule has 2 unspecified atom stereocenters. The Bertz CT molecular complexity index is 1220. The first-order chi connectivity index (χ1) is 16.5. The average molecular weight is 476 g/mol. The molecule has 2 N–H and O–H groups in total. The maximum atomic E-state index is 13.4. The number of urea groups is 1. The molecule has 2 heterocycles. The average Bonchev–Trinajstić information content (AvgIpc) is 3.44. The number of nitrogens with one attached hydrogen (secondary N) is 2. The van der Waals surface area contributed by atoms with Crippen LogP contribution in [0, 0.1) is 0 Å². The summed E-state index contributed by atoms with van der Waals surface area (Å²) in [6.07, 6.45) is 2.25. The molecule has 2 aromatic carbocycles. The Morgan fingerprint density at radius 1 is 1.12 bits per heavy atom. The molecule has 0 bridgehead atoms. The fourth-order valence-electron chi connectivity index (χ4n) is 4.84. The minimum Gasteiger partial charge on any atom is -0.497 e. The second-order valence-corrected chi connectivity index (χ2v) is 9.52. The number of imide groups is 1. The van der Waals surface area contributed by atoms with E-state index in [1.165, 1.54) is 0 Å². The van der Waals surface area contributed by atoms with Crippen molar-refractivity contribution in [1.82, 2.24) is 15.5 Å². The molecule has 7 nitrogen and oxygen atoms in total. The molecule has 1 aromatic heterocycles. The third kappa shape index (κ3) is 3.84. The van der Waals surface area contributed by atoms with E-state index in [1.807, 2.05) is 66.0 Å². The van der Waals surface area contributed by atoms with Crippen molar-refractivity contribution in [3.8, 4) is 5.75 Å². The Hall–Kier alpha value is -3.65. The van der Waals surface area contributed by atoms with Crippen LogP contribution in [-0.4, -0.2) is 36.4 Å². The van der Waals surface area contributed by atoms with Gasteiger partial charge in [-0.1, -0.05) is 42.5 Å². The van der Waals surface area contributed by atoms with Crippen LogP contribution in [0.5, 0.6) is 5.75 Å². The van der Waals surface area contributed by atoms with Crippen LogP contribution in [0.1, 0.15) is 40.5 Å². The normalized spacial score (nSPS) is 20.1. The summed E-state index contributed by atoms with van der Waals surface area (Å²) in [5.41, 5.74) is 1.57. The van der Waals surface area contributed by atoms with Gasteiger partial charge in [-0.3, -0.25) is 14.5 Å². The van der Waals surface area contributed by atoms with Crippen molar-refractivity contribution < 1.29 is 19.1 Å². The highest BCUT2D eigenvalue weighted by Crippen LogP contribution is 2.42. The van der Waals surface area contributed by atoms with Crippen LogP contribution >= 0.6 is 11.3 Å². The van der Waals surface area contributed by atoms with Crippen LogP contribution in [0.3, 0.4) is 0 Å². The fourth-order valence-corrected chi connectivity index (χ4v) is 5.84. The van der Waals surface area contributed by atoms with E-state index in [4.69, 9.17) is 4.74 Å². The van der Waals surface area contributed by atoms with Crippen LogP contribution in [0.4, 0.5) is 4.79 Å². The number of hydrogen-bond acceptors (Lipinski definition) is 5. The molecule has 1 aliphatic heterocycles. The van der Waals surface area contributed by atoms with Crippen molar-refractivity contribution in [2.45, 2.75) is 30.8 Å². The lowest BCUT2D eigenvalue weighted by Crippen LogP contribution is -2.47. The molecule has 1 aliphatic carbocycles. The standard InChI is InChI=1S/C26H25N3O4S/c1-33-19-11-9-18(10-12-19)23(17-6-3-2-4-7-17)27-22(30)16-29-24(31)26(28-25(29)32)14-5-8-21-20(26)13-15-34-21/h2-4,6-7,9-13,15,23H,5,8,14,16H2,1H3,(H,27,30)(H,28,32). The molecule has 1 saturated heterocycles. The van der Waals surface area contributed by atoms with Crippen LogP contribution in [0.2, 0.25) is 0 Å². The Balaban J connectivity index is 1.37. The van der Waals surface area contributed by atoms with Crippen molar-refractivity contribution in [2.24, 2.45) is 0 Å². The number of hydrogen-bond donors (Lipinski definition) is 2. The molecule has 0 radical (unpaired) electrons. The highest BCUT2D eigenvalue weighted by Gasteiger charge is 2.54. The number of rotatable bonds is 6. The van der Waals surface area contributed by atoms with Crippen LogP contribution in [0.15, 0.2) is 66.0 Å². The fraction of sp³-hybridized carbons (Fsp3) is 0.269. The summed E-state index contributed by atoms with van der Waals surface area (Å²) >= 11 is 1.60. The predicted molar refractivity (Wildman–Crippen MR) is 129 cm³/mol. The van der Waals surface area contributed by atoms with Crippen LogP contribution in [-0.2, 0) is 21.5 Å². The Labute approximate surface area is 201 Å². The van der Waals surface area contributed by atoms with Crippen LogP contribution in [0.25, 0.3) is 0 Å². The lowest BCUT2D eigenvalue weighted by atomic mass is 9.80. The number of carbonyl (C=O) groups excluding carboxylic acids is 3. The molecule has 1 fully saturated rings. The summed E-state index contributed by atoms with van der Waals surface area (Å²) in [5.74, 6) is -0.0499. The minimum absolute atomic E-state index is 0.342. The van der Waals surface area contributed by atoms with E-state index >= 15 is 0 Å². The highest BCUT2D eigenvalue weighted by atomic mass is 32.1. The van der Waals surface area contributed by atoms with Gasteiger partial charge in [0, 0.05) is 10.4 Å². The van der Waals surface area contributed by atoms with Gasteiger partial charge in [-0.05, 0) is 54.0 Å². The lowest BCUT2D eigenvalue weighted by molar-refractivity contribution is -0.135. The van der Waals surface area contributed by atoms with Gasteiger partial charge < -0.3 is 15.4 Å². The van der Waals surface area contributed by atoms with E-state index < -0.39 is 23.5 Å². The van der Waals surface area contributed by atoms with Gasteiger partial charge in [-0.2, -0.15) is 0 Å². The maximum absolute atomic E-state index is 13.4. The van der Waals surface area contributed by atoms with Crippen molar-refractivity contribution in [3.63, 3.8) is 0 Å². The largest absolute Gasteiger partial charge is 0.497 e. The van der Waals surface area contributed by atoms with E-state index in [-0.39, 0.29) is 12.5 Å². The number of carbonyl (C=O) groups is 3. The molecule has 4 amide bonds. The molecule has 5 rings (SSSR count). The quantitative estimate of drug-likeness (QED) is 0.532. The lowest BCUT2D eigenvalue weighted by Gasteiger charge is -2.31. The van der Waals surface area contributed by atoms with Gasteiger partial charge in [0.25, 0.3) is 5.91 Å². The topological polar surface area (TPSA) is 87.7 Å². The molecule has 2 aliphatic rings. The van der Waals surface area contributed by atoms with E-state index in [0.29, 0.717) is 12.2 Å². The molecular formula is C26H25N3O4S. The van der Waals surface area contributed by atoms with Gasteiger partial charge in [0.1, 0.15) is 17.8 Å². The number of nitrogens with zero attached hydrogens (tertiary/aromatic N) is 1. The number of ether oxygens (including phenoxy) is 1. The van der Waals surface area contributed by atoms with Gasteiger partial charge in [-0.25, -0.2) is 4.79 Å². The van der Waals surface area contributed by atoms with Crippen LogP contribution < -0.4 is 15.4 Å². The molecule has 34 heavy (non-hydrogen) atoms. The number of aryl methyl sites for hydroxylation is 1. The molecule has 0 saturated carbocycles. The Morgan fingerprint density at radius 2 is 1.85 bits per heavy atom. The number of methoxy groups -OCH3 is 1. The number of fused-ring (bicyclic) bond motifs is 2. The van der Waals surface area contributed by atoms with E-state index in [2.05, 4.69) is 10.6 Å². The van der Waals surface area contributed by atoms with Gasteiger partial charge in [0.05, 0.1) is 13.2 Å². The maximum Gasteiger partial charge on any atom is 0.325 e. The van der Waals surface area contributed by atoms with Crippen molar-refractivity contribution in [1.29, 1.82) is 0 Å². The van der Waals surface area contributed by atoms with E-state index in [9.17, 15) is 14.4 Å². The zero-order valence-corrected chi connectivity index (χ0v) is 19.6. The van der Waals surface area contributed by atoms with Crippen molar-refractivity contribution in [2.75, 3.05) is 13.7 Å². The summed E-state index contributed by atoms with van der Waals surface area (Å²) in [5, 5.41) is 7.86. The zero-order valence-electron chi connectivity index (χ0n) is 18.7. The SMILES string of the molecule is COc1ccc(C(NC(=O)CN2C(=O)NC3(CCCc4sccc43)C2=O)c2ccccc2)cc1. The van der Waals surface area contributed by atoms with Gasteiger partial charge in [0.2, 0.25) is 5.91 Å². The molecule has 174 valence electrons. The van der Waals surface area contributed by atoms with E-state index in [1.54, 1.807) is 18.4 Å². The molecule has 2 atom stereocenters. The third-order valence-corrected chi connectivity index (χ3v) is 7.51. The predicted octanol–water partition coefficient (Wildman–Crippen LogP) is 3.75. The molecule has 3 aromatic rings. The first kappa shape index (κ1) is 22.2. The molecular weight excluding hydrogens is 450 g/mol. The smallest absolute Gasteiger partial charge is 0.325 e. The number of amides is 4. The second-order valence-electron chi connectivity index (χ2n) is 8.52. The van der Waals surface area contributed by atoms with Gasteiger partial charge in [-0.15, -0.1) is 11.3 Å². The third-order valence-electron chi connectivity index (χ3n) is 6.53. The van der Waals surface area contributed by atoms with Gasteiger partial charge in [0.15, 0.2) is 0 Å². The summed E-state index contributed by atoms with van der Waals surface area (Å²) in [4.78, 5) is 41.6. The zero-order chi connectivity index (χ0) is 23.7. The number of benzene rings is 2. The van der Waals surface area contributed by atoms with Crippen molar-refractivity contribution >= 4 is 29.2 Å². The number of thiophene rings is 1. The summed E-state index contributed by atoms with van der Waals surface area (Å²) in [7, 11) is 1.60. The molecule has 8 heteroatoms. The minimum atomic E-state index is -1.06. The Kier molecular flexibility index (Phi) is 5.83. The Morgan fingerprint density at radius 3 is 2.59 bits per heavy atom. The first-order valence-corrected chi connectivity index (χ1v) is 12.1. The first-order valence-electron chi connectivity index (χ1n) is 11.2. The van der Waals surface area contributed by atoms with Crippen molar-refractivity contribution in [3.05, 3.63) is 87.6 Å². The highest BCUT2D eigenvalue weighted by molar-refractivity contribution is 7.10.